The van der Waals surface area contributed by atoms with Crippen LogP contribution < -0.4 is 15.8 Å². The molecule has 0 aliphatic rings. The summed E-state index contributed by atoms with van der Waals surface area (Å²) < 4.78 is 6.54. The van der Waals surface area contributed by atoms with Crippen LogP contribution in [0.5, 0.6) is 5.75 Å². The Morgan fingerprint density at radius 2 is 1.94 bits per heavy atom. The summed E-state index contributed by atoms with van der Waals surface area (Å²) in [7, 11) is 1.53. The summed E-state index contributed by atoms with van der Waals surface area (Å²) >= 11 is 0. The number of aryl methyl sites for hydroxylation is 3. The zero-order valence-electron chi connectivity index (χ0n) is 18.2. The first-order valence-electron chi connectivity index (χ1n) is 9.84. The Hall–Kier alpha value is -4.08. The van der Waals surface area contributed by atoms with Gasteiger partial charge in [0, 0.05) is 30.9 Å². The molecule has 32 heavy (non-hydrogen) atoms. The molecule has 0 unspecified atom stereocenters. The van der Waals surface area contributed by atoms with Gasteiger partial charge in [0.15, 0.2) is 5.69 Å². The molecule has 2 aromatic heterocycles. The van der Waals surface area contributed by atoms with Crippen molar-refractivity contribution in [3.8, 4) is 16.9 Å². The number of carboxylic acid groups (broad SMARTS) is 1. The summed E-state index contributed by atoms with van der Waals surface area (Å²) in [5, 5.41) is 25.9. The maximum atomic E-state index is 13.1. The van der Waals surface area contributed by atoms with Crippen LogP contribution in [0, 0.1) is 20.8 Å². The normalized spacial score (nSPS) is 10.8. The van der Waals surface area contributed by atoms with E-state index in [0.717, 1.165) is 10.5 Å². The van der Waals surface area contributed by atoms with Crippen LogP contribution in [-0.4, -0.2) is 38.5 Å². The van der Waals surface area contributed by atoms with E-state index in [-0.39, 0.29) is 24.4 Å². The van der Waals surface area contributed by atoms with Gasteiger partial charge in [-0.05, 0) is 38.5 Å². The molecule has 0 saturated heterocycles. The van der Waals surface area contributed by atoms with Gasteiger partial charge < -0.3 is 24.6 Å². The summed E-state index contributed by atoms with van der Waals surface area (Å²) in [6.45, 7) is 5.05. The fraction of sp³-hybridized carbons (Fsp3) is 0.273. The molecule has 3 N–H and O–H groups in total. The smallest absolute Gasteiger partial charge is 0.326 e. The van der Waals surface area contributed by atoms with E-state index in [2.05, 4.69) is 10.5 Å². The van der Waals surface area contributed by atoms with Crippen molar-refractivity contribution in [2.45, 2.75) is 27.2 Å². The molecule has 10 nitrogen and oxygen atoms in total. The largest absolute Gasteiger partial charge is 0.505 e. The Bertz CT molecular complexity index is 1220. The molecule has 0 fully saturated rings. The zero-order chi connectivity index (χ0) is 23.6. The molecule has 2 amide bonds. The Labute approximate surface area is 183 Å². The maximum Gasteiger partial charge on any atom is 0.326 e. The number of urea groups is 1. The number of amides is 2. The van der Waals surface area contributed by atoms with Gasteiger partial charge in [-0.3, -0.25) is 14.5 Å². The number of nitrogens with one attached hydrogen (secondary N) is 1. The fourth-order valence-electron chi connectivity index (χ4n) is 3.40. The minimum atomic E-state index is -1.08. The van der Waals surface area contributed by atoms with Crippen molar-refractivity contribution >= 4 is 23.4 Å². The molecule has 168 valence electrons. The van der Waals surface area contributed by atoms with Crippen LogP contribution in [0.25, 0.3) is 11.1 Å². The second-order valence-corrected chi connectivity index (χ2v) is 7.34. The number of pyridine rings is 1. The van der Waals surface area contributed by atoms with Crippen molar-refractivity contribution < 1.29 is 24.3 Å². The predicted octanol–water partition coefficient (Wildman–Crippen LogP) is 2.99. The third-order valence-corrected chi connectivity index (χ3v) is 5.09. The van der Waals surface area contributed by atoms with Gasteiger partial charge in [-0.25, -0.2) is 4.79 Å². The lowest BCUT2D eigenvalue weighted by atomic mass is 10.0. The van der Waals surface area contributed by atoms with Crippen molar-refractivity contribution in [1.82, 2.24) is 15.0 Å². The number of carboxylic acids is 1. The van der Waals surface area contributed by atoms with Gasteiger partial charge in [-0.15, -0.1) is 0 Å². The molecule has 1 aromatic carbocycles. The van der Waals surface area contributed by atoms with Gasteiger partial charge in [0.25, 0.3) is 5.56 Å². The lowest BCUT2D eigenvalue weighted by Crippen LogP contribution is -2.41. The number of aromatic hydroxyl groups is 1. The highest BCUT2D eigenvalue weighted by Crippen LogP contribution is 2.34. The highest BCUT2D eigenvalue weighted by atomic mass is 16.5. The molecule has 0 radical (unpaired) electrons. The third kappa shape index (κ3) is 4.34. The van der Waals surface area contributed by atoms with Crippen molar-refractivity contribution in [2.24, 2.45) is 7.05 Å². The van der Waals surface area contributed by atoms with Gasteiger partial charge in [-0.2, -0.15) is 0 Å². The molecule has 0 aliphatic heterocycles. The number of nitrogens with zero attached hydrogens (tertiary/aromatic N) is 3. The van der Waals surface area contributed by atoms with E-state index < -0.39 is 17.6 Å². The molecule has 2 heterocycles. The maximum absolute atomic E-state index is 13.1. The quantitative estimate of drug-likeness (QED) is 0.536. The van der Waals surface area contributed by atoms with E-state index in [4.69, 9.17) is 9.63 Å². The molecule has 10 heteroatoms. The molecule has 0 bridgehead atoms. The Kier molecular flexibility index (Phi) is 6.33. The summed E-state index contributed by atoms with van der Waals surface area (Å²) in [6.07, 6.45) is -0.295. The Balaban J connectivity index is 2.16. The SMILES string of the molecule is Cc1noc(C)c1-c1cccc(N(C(=O)NCCC(=O)O)c2c(O)cc(C)n(C)c2=O)c1. The molecule has 0 spiro atoms. The lowest BCUT2D eigenvalue weighted by molar-refractivity contribution is -0.136. The van der Waals surface area contributed by atoms with E-state index in [1.54, 1.807) is 39.0 Å². The summed E-state index contributed by atoms with van der Waals surface area (Å²) in [6, 6.07) is 7.41. The van der Waals surface area contributed by atoms with Crippen LogP contribution >= 0.6 is 0 Å². The minimum Gasteiger partial charge on any atom is -0.505 e. The van der Waals surface area contributed by atoms with Crippen LogP contribution in [0.1, 0.15) is 23.6 Å². The number of carbonyl (C=O) groups is 2. The van der Waals surface area contributed by atoms with E-state index in [1.807, 2.05) is 6.07 Å². The predicted molar refractivity (Wildman–Crippen MR) is 117 cm³/mol. The number of hydrogen-bond donors (Lipinski definition) is 3. The first-order valence-corrected chi connectivity index (χ1v) is 9.84. The average molecular weight is 440 g/mol. The van der Waals surface area contributed by atoms with Crippen LogP contribution in [0.3, 0.4) is 0 Å². The Morgan fingerprint density at radius 3 is 2.56 bits per heavy atom. The molecule has 0 saturated carbocycles. The molecular formula is C22H24N4O6. The van der Waals surface area contributed by atoms with Crippen molar-refractivity contribution in [3.63, 3.8) is 0 Å². The average Bonchev–Trinajstić information content (AvgIpc) is 3.07. The van der Waals surface area contributed by atoms with E-state index >= 15 is 0 Å². The topological polar surface area (TPSA) is 138 Å². The highest BCUT2D eigenvalue weighted by molar-refractivity contribution is 6.01. The number of rotatable bonds is 6. The van der Waals surface area contributed by atoms with Gasteiger partial charge in [0.05, 0.1) is 17.8 Å². The van der Waals surface area contributed by atoms with Gasteiger partial charge in [0.1, 0.15) is 11.5 Å². The minimum absolute atomic E-state index is 0.152. The number of hydrogen-bond acceptors (Lipinski definition) is 6. The van der Waals surface area contributed by atoms with Crippen LogP contribution in [0.15, 0.2) is 39.6 Å². The summed E-state index contributed by atoms with van der Waals surface area (Å²) in [5.74, 6) is -0.862. The molecular weight excluding hydrogens is 416 g/mol. The van der Waals surface area contributed by atoms with Gasteiger partial charge in [-0.1, -0.05) is 17.3 Å². The van der Waals surface area contributed by atoms with Gasteiger partial charge >= 0.3 is 12.0 Å². The first-order chi connectivity index (χ1) is 15.1. The second-order valence-electron chi connectivity index (χ2n) is 7.34. The van der Waals surface area contributed by atoms with Crippen LogP contribution in [-0.2, 0) is 11.8 Å². The van der Waals surface area contributed by atoms with Crippen LogP contribution in [0.2, 0.25) is 0 Å². The zero-order valence-corrected chi connectivity index (χ0v) is 18.2. The van der Waals surface area contributed by atoms with Crippen LogP contribution in [0.4, 0.5) is 16.2 Å². The number of aromatic nitrogens is 2. The summed E-state index contributed by atoms with van der Waals surface area (Å²) in [4.78, 5) is 38.0. The van der Waals surface area contributed by atoms with Crippen molar-refractivity contribution in [1.29, 1.82) is 0 Å². The monoisotopic (exact) mass is 440 g/mol. The number of aliphatic carboxylic acids is 1. The van der Waals surface area contributed by atoms with E-state index in [0.29, 0.717) is 28.4 Å². The molecule has 0 atom stereocenters. The first kappa shape index (κ1) is 22.6. The fourth-order valence-corrected chi connectivity index (χ4v) is 3.40. The lowest BCUT2D eigenvalue weighted by Gasteiger charge is -2.25. The van der Waals surface area contributed by atoms with Gasteiger partial charge in [0.2, 0.25) is 0 Å². The number of benzene rings is 1. The second kappa shape index (κ2) is 8.96. The highest BCUT2D eigenvalue weighted by Gasteiger charge is 2.26. The number of carbonyl (C=O) groups excluding carboxylic acids is 1. The summed E-state index contributed by atoms with van der Waals surface area (Å²) in [5.41, 5.74) is 2.08. The molecule has 3 aromatic rings. The van der Waals surface area contributed by atoms with E-state index in [1.165, 1.54) is 17.7 Å². The number of anilines is 2. The molecule has 3 rings (SSSR count). The van der Waals surface area contributed by atoms with Crippen molar-refractivity contribution in [3.05, 3.63) is 57.8 Å². The van der Waals surface area contributed by atoms with E-state index in [9.17, 15) is 19.5 Å². The molecule has 0 aliphatic carbocycles. The standard InChI is InChI=1S/C22H24N4O6/c1-12-10-17(27)20(21(30)25(12)4)26(22(31)23-9-8-18(28)29)16-7-5-6-15(11-16)19-13(2)24-32-14(19)3/h5-7,10-11,27H,8-9H2,1-4H3,(H,23,31)(H,28,29). The van der Waals surface area contributed by atoms with Crippen molar-refractivity contribution in [2.75, 3.05) is 11.4 Å². The Morgan fingerprint density at radius 1 is 1.22 bits per heavy atom. The third-order valence-electron chi connectivity index (χ3n) is 5.09.